The third kappa shape index (κ3) is 6.24. The number of hydrogen-bond acceptors (Lipinski definition) is 5. The summed E-state index contributed by atoms with van der Waals surface area (Å²) in [6.07, 6.45) is 17.3. The summed E-state index contributed by atoms with van der Waals surface area (Å²) in [4.78, 5) is 23.9. The van der Waals surface area contributed by atoms with Gasteiger partial charge < -0.3 is 37.2 Å². The van der Waals surface area contributed by atoms with E-state index in [4.69, 9.17) is 25.0 Å². The van der Waals surface area contributed by atoms with E-state index in [2.05, 4.69) is 50.3 Å². The van der Waals surface area contributed by atoms with Gasteiger partial charge in [0.25, 0.3) is 0 Å². The Morgan fingerprint density at radius 2 is 1.15 bits per heavy atom. The molecule has 2 aliphatic carbocycles. The molecule has 2 atom stereocenters. The van der Waals surface area contributed by atoms with E-state index in [1.54, 1.807) is 0 Å². The van der Waals surface area contributed by atoms with Gasteiger partial charge in [-0.1, -0.05) is 57.1 Å². The van der Waals surface area contributed by atoms with E-state index < -0.39 is 0 Å². The van der Waals surface area contributed by atoms with E-state index in [9.17, 15) is 0 Å². The summed E-state index contributed by atoms with van der Waals surface area (Å²) in [5.74, 6) is 1.37. The number of rotatable bonds is 6. The molecule has 0 saturated heterocycles. The van der Waals surface area contributed by atoms with Crippen LogP contribution in [-0.2, 0) is 17.1 Å². The van der Waals surface area contributed by atoms with Crippen LogP contribution in [0, 0.1) is 0 Å². The summed E-state index contributed by atoms with van der Waals surface area (Å²) < 4.78 is 0. The Balaban J connectivity index is 0.00000144. The maximum atomic E-state index is 4.80. The Bertz CT molecular complexity index is 1060. The molecular weight excluding hydrogens is 533 g/mol. The molecule has 179 valence electrons. The summed E-state index contributed by atoms with van der Waals surface area (Å²) in [6.45, 7) is 4.38. The largest absolute Gasteiger partial charge is 3.00 e. The average Bonchev–Trinajstić information content (AvgIpc) is 3.38. The Kier molecular flexibility index (Phi) is 11.8. The molecule has 1 aromatic rings. The van der Waals surface area contributed by atoms with Crippen molar-refractivity contribution < 1.29 is 54.3 Å². The van der Waals surface area contributed by atoms with Crippen LogP contribution in [0.3, 0.4) is 0 Å². The van der Waals surface area contributed by atoms with E-state index in [-0.39, 0.29) is 66.4 Å². The van der Waals surface area contributed by atoms with Gasteiger partial charge in [0.1, 0.15) is 23.5 Å². The first-order valence-corrected chi connectivity index (χ1v) is 10.8. The zero-order chi connectivity index (χ0) is 20.5. The Hall–Kier alpha value is -1.82. The molecule has 3 heterocycles. The van der Waals surface area contributed by atoms with E-state index in [1.807, 2.05) is 18.2 Å². The second kappa shape index (κ2) is 13.3. The zero-order valence-corrected chi connectivity index (χ0v) is 22.3. The van der Waals surface area contributed by atoms with Crippen molar-refractivity contribution in [3.05, 3.63) is 77.2 Å². The van der Waals surface area contributed by atoms with Gasteiger partial charge in [-0.15, -0.1) is 0 Å². The van der Waals surface area contributed by atoms with Crippen LogP contribution < -0.4 is 37.2 Å². The molecule has 0 bridgehead atoms. The second-order valence-electron chi connectivity index (χ2n) is 7.93. The maximum absolute atomic E-state index is 4.80. The molecule has 1 aromatic heterocycles. The number of halogens is 3. The Morgan fingerprint density at radius 1 is 0.706 bits per heavy atom. The predicted molar refractivity (Wildman–Crippen MR) is 124 cm³/mol. The molecular formula is C25H25Cl3FeN5. The summed E-state index contributed by atoms with van der Waals surface area (Å²) in [5.41, 5.74) is 6.17. The normalized spacial score (nSPS) is 21.0. The summed E-state index contributed by atoms with van der Waals surface area (Å²) in [6, 6.07) is 5.91. The van der Waals surface area contributed by atoms with Crippen molar-refractivity contribution in [1.29, 1.82) is 0 Å². The monoisotopic (exact) mass is 556 g/mol. The fourth-order valence-electron chi connectivity index (χ4n) is 4.07. The van der Waals surface area contributed by atoms with E-state index in [1.165, 1.54) is 11.1 Å². The number of aromatic nitrogens is 1. The van der Waals surface area contributed by atoms with Crippen molar-refractivity contribution in [1.82, 2.24) is 4.98 Å². The van der Waals surface area contributed by atoms with Gasteiger partial charge in [-0.05, 0) is 48.3 Å². The molecule has 0 saturated carbocycles. The fourth-order valence-corrected chi connectivity index (χ4v) is 4.07. The molecule has 34 heavy (non-hydrogen) atoms. The Morgan fingerprint density at radius 3 is 1.56 bits per heavy atom. The Labute approximate surface area is 230 Å². The van der Waals surface area contributed by atoms with Gasteiger partial charge in [0.2, 0.25) is 0 Å². The molecule has 1 radical (unpaired) electrons. The first-order valence-electron chi connectivity index (χ1n) is 10.8. The maximum Gasteiger partial charge on any atom is 3.00 e. The number of aliphatic imine (C=N–C) groups is 4. The van der Waals surface area contributed by atoms with E-state index >= 15 is 0 Å². The third-order valence-electron chi connectivity index (χ3n) is 5.54. The van der Waals surface area contributed by atoms with Crippen molar-refractivity contribution in [3.8, 4) is 0 Å². The molecule has 5 rings (SSSR count). The second-order valence-corrected chi connectivity index (χ2v) is 7.93. The van der Waals surface area contributed by atoms with Crippen LogP contribution in [0.25, 0.3) is 0 Å². The number of hydrogen-bond donors (Lipinski definition) is 0. The van der Waals surface area contributed by atoms with Gasteiger partial charge in [-0.25, -0.2) is 15.0 Å². The summed E-state index contributed by atoms with van der Waals surface area (Å²) >= 11 is 0. The van der Waals surface area contributed by atoms with Crippen LogP contribution in [0.5, 0.6) is 0 Å². The third-order valence-corrected chi connectivity index (χ3v) is 5.54. The number of amidine groups is 2. The average molecular weight is 558 g/mol. The van der Waals surface area contributed by atoms with Crippen molar-refractivity contribution in [2.45, 2.75) is 51.6 Å². The molecule has 0 amide bonds. The van der Waals surface area contributed by atoms with Gasteiger partial charge in [0.05, 0.1) is 11.4 Å². The van der Waals surface area contributed by atoms with Crippen LogP contribution in [0.15, 0.2) is 85.8 Å². The van der Waals surface area contributed by atoms with E-state index in [0.29, 0.717) is 11.7 Å². The van der Waals surface area contributed by atoms with Crippen LogP contribution in [0.4, 0.5) is 0 Å². The predicted octanol–water partition coefficient (Wildman–Crippen LogP) is -4.18. The minimum Gasteiger partial charge on any atom is -1.00 e. The van der Waals surface area contributed by atoms with Gasteiger partial charge in [-0.2, -0.15) is 0 Å². The van der Waals surface area contributed by atoms with Crippen molar-refractivity contribution in [3.63, 3.8) is 0 Å². The smallest absolute Gasteiger partial charge is 1.00 e. The molecule has 4 aliphatic rings. The quantitative estimate of drug-likeness (QED) is 0.328. The first-order chi connectivity index (χ1) is 14.7. The number of fused-ring (bicyclic) bond motifs is 2. The molecule has 5 nitrogen and oxygen atoms in total. The minimum absolute atomic E-state index is 0. The summed E-state index contributed by atoms with van der Waals surface area (Å²) in [7, 11) is 0. The molecule has 0 fully saturated rings. The van der Waals surface area contributed by atoms with Crippen LogP contribution in [0.1, 0.15) is 50.9 Å². The molecule has 0 spiro atoms. The molecule has 9 heteroatoms. The standard InChI is InChI=1S/C25H25N5.3ClH.Fe/c1-3-6-16-10-12-18-22(14-16)29-24(27-18)20-8-5-9-21(26-20)25-28-19-13-11-17(7-4-2)15-23(19)30-25;;;;/h5,8-15,18-19H,3-4,6-7H2,1-2H3;3*1H;/q;;;;+3/p-3. The van der Waals surface area contributed by atoms with Crippen molar-refractivity contribution in [2.24, 2.45) is 20.0 Å². The molecule has 2 aliphatic heterocycles. The zero-order valence-electron chi connectivity index (χ0n) is 18.9. The van der Waals surface area contributed by atoms with Gasteiger partial charge in [-0.3, -0.25) is 9.98 Å². The van der Waals surface area contributed by atoms with E-state index in [0.717, 1.165) is 48.5 Å². The van der Waals surface area contributed by atoms with Gasteiger partial charge >= 0.3 is 17.1 Å². The summed E-state index contributed by atoms with van der Waals surface area (Å²) in [5, 5.41) is 0. The number of nitrogens with zero attached hydrogens (tertiary/aromatic N) is 5. The van der Waals surface area contributed by atoms with Gasteiger partial charge in [0, 0.05) is 0 Å². The molecule has 2 unspecified atom stereocenters. The fraction of sp³-hybridized carbons (Fsp3) is 0.320. The van der Waals surface area contributed by atoms with Crippen molar-refractivity contribution >= 4 is 23.1 Å². The topological polar surface area (TPSA) is 62.3 Å². The molecule has 0 aromatic carbocycles. The minimum atomic E-state index is 0. The SMILES string of the molecule is CCCC1=CC2=NC(c3cccc(C4=NC5C=CC(CCC)=CC5=N4)n3)=NC2C=C1.[Cl-].[Cl-].[Cl-].[Fe+3]. The van der Waals surface area contributed by atoms with Crippen molar-refractivity contribution in [2.75, 3.05) is 0 Å². The van der Waals surface area contributed by atoms with Gasteiger partial charge in [0.15, 0.2) is 11.7 Å². The number of pyridine rings is 1. The van der Waals surface area contributed by atoms with Crippen LogP contribution in [0.2, 0.25) is 0 Å². The molecule has 0 N–H and O–H groups in total. The first kappa shape index (κ1) is 30.2. The number of allylic oxidation sites excluding steroid dienone is 4. The van der Waals surface area contributed by atoms with Crippen LogP contribution >= 0.6 is 0 Å². The van der Waals surface area contributed by atoms with Crippen LogP contribution in [-0.4, -0.2) is 40.2 Å².